The molecule has 2 amide bonds. The predicted octanol–water partition coefficient (Wildman–Crippen LogP) is 1.58. The molecule has 0 unspecified atom stereocenters. The monoisotopic (exact) mass is 279 g/mol. The molecule has 0 bridgehead atoms. The van der Waals surface area contributed by atoms with Crippen LogP contribution in [0.4, 0.5) is 10.2 Å². The minimum Gasteiger partial charge on any atom is -0.331 e. The predicted molar refractivity (Wildman–Crippen MR) is 72.6 cm³/mol. The number of pyridine rings is 1. The molecule has 2 heterocycles. The molecule has 0 saturated carbocycles. The lowest BCUT2D eigenvalue weighted by Gasteiger charge is -2.29. The van der Waals surface area contributed by atoms with Crippen molar-refractivity contribution in [1.82, 2.24) is 9.88 Å². The highest BCUT2D eigenvalue weighted by Gasteiger charge is 2.34. The molecule has 0 N–H and O–H groups in total. The first-order valence-corrected chi connectivity index (χ1v) is 6.73. The fraction of sp³-hybridized carbons (Fsp3) is 0.500. The van der Waals surface area contributed by atoms with Gasteiger partial charge >= 0.3 is 0 Å². The number of likely N-dealkylation sites (N-methyl/N-ethyl adjacent to an activating group) is 1. The first-order chi connectivity index (χ1) is 9.56. The molecule has 0 aliphatic carbocycles. The van der Waals surface area contributed by atoms with Gasteiger partial charge in [0.15, 0.2) is 11.6 Å². The minimum atomic E-state index is -0.550. The Balaban J connectivity index is 2.20. The van der Waals surface area contributed by atoms with E-state index < -0.39 is 11.9 Å². The lowest BCUT2D eigenvalue weighted by molar-refractivity contribution is -0.136. The van der Waals surface area contributed by atoms with E-state index in [0.717, 1.165) is 6.42 Å². The van der Waals surface area contributed by atoms with Crippen LogP contribution in [-0.2, 0) is 9.59 Å². The van der Waals surface area contributed by atoms with Crippen LogP contribution in [0.5, 0.6) is 0 Å². The number of hydrogen-bond acceptors (Lipinski definition) is 3. The quantitative estimate of drug-likeness (QED) is 0.841. The molecule has 1 saturated heterocycles. The second-order valence-electron chi connectivity index (χ2n) is 4.82. The topological polar surface area (TPSA) is 53.5 Å². The van der Waals surface area contributed by atoms with Crippen LogP contribution in [0.1, 0.15) is 26.2 Å². The molecule has 5 nitrogen and oxygen atoms in total. The van der Waals surface area contributed by atoms with Crippen molar-refractivity contribution in [1.29, 1.82) is 0 Å². The summed E-state index contributed by atoms with van der Waals surface area (Å²) in [5, 5.41) is 0. The first kappa shape index (κ1) is 14.4. The third kappa shape index (κ3) is 2.64. The molecule has 1 atom stereocenters. The summed E-state index contributed by atoms with van der Waals surface area (Å²) in [4.78, 5) is 30.9. The summed E-state index contributed by atoms with van der Waals surface area (Å²) in [6.45, 7) is 2.43. The summed E-state index contributed by atoms with van der Waals surface area (Å²) >= 11 is 0. The van der Waals surface area contributed by atoms with Gasteiger partial charge < -0.3 is 4.90 Å². The highest BCUT2D eigenvalue weighted by Crippen LogP contribution is 2.20. The number of nitrogens with zero attached hydrogens (tertiary/aromatic N) is 3. The SMILES string of the molecule is CC[C@H](C(=O)N(C)c1ncccc1F)N1CCCC1=O. The fourth-order valence-corrected chi connectivity index (χ4v) is 2.48. The van der Waals surface area contributed by atoms with Crippen molar-refractivity contribution in [2.24, 2.45) is 0 Å². The number of carbonyl (C=O) groups is 2. The van der Waals surface area contributed by atoms with Gasteiger partial charge in [0, 0.05) is 26.2 Å². The Kier molecular flexibility index (Phi) is 4.32. The Morgan fingerprint density at radius 2 is 2.35 bits per heavy atom. The smallest absolute Gasteiger partial charge is 0.250 e. The maximum Gasteiger partial charge on any atom is 0.250 e. The number of hydrogen-bond donors (Lipinski definition) is 0. The zero-order valence-electron chi connectivity index (χ0n) is 11.7. The fourth-order valence-electron chi connectivity index (χ4n) is 2.48. The van der Waals surface area contributed by atoms with E-state index in [1.54, 1.807) is 4.90 Å². The second-order valence-corrected chi connectivity index (χ2v) is 4.82. The lowest BCUT2D eigenvalue weighted by atomic mass is 10.1. The van der Waals surface area contributed by atoms with Gasteiger partial charge in [-0.05, 0) is 25.0 Å². The molecular weight excluding hydrogens is 261 g/mol. The van der Waals surface area contributed by atoms with Crippen LogP contribution in [-0.4, -0.2) is 41.3 Å². The van der Waals surface area contributed by atoms with Gasteiger partial charge in [-0.1, -0.05) is 6.92 Å². The van der Waals surface area contributed by atoms with E-state index in [-0.39, 0.29) is 17.6 Å². The molecular formula is C14H18FN3O2. The van der Waals surface area contributed by atoms with E-state index in [4.69, 9.17) is 0 Å². The second kappa shape index (κ2) is 5.98. The Morgan fingerprint density at radius 3 is 2.90 bits per heavy atom. The number of halogens is 1. The van der Waals surface area contributed by atoms with Crippen LogP contribution in [0.15, 0.2) is 18.3 Å². The van der Waals surface area contributed by atoms with Gasteiger partial charge in [-0.25, -0.2) is 9.37 Å². The van der Waals surface area contributed by atoms with Crippen LogP contribution in [0.2, 0.25) is 0 Å². The third-order valence-corrected chi connectivity index (χ3v) is 3.55. The summed E-state index contributed by atoms with van der Waals surface area (Å²) in [6.07, 6.45) is 3.18. The van der Waals surface area contributed by atoms with Gasteiger partial charge in [0.25, 0.3) is 5.91 Å². The highest BCUT2D eigenvalue weighted by atomic mass is 19.1. The van der Waals surface area contributed by atoms with Crippen LogP contribution in [0, 0.1) is 5.82 Å². The molecule has 0 aromatic carbocycles. The van der Waals surface area contributed by atoms with Crippen molar-refractivity contribution in [3.05, 3.63) is 24.1 Å². The van der Waals surface area contributed by atoms with Crippen LogP contribution in [0.25, 0.3) is 0 Å². The lowest BCUT2D eigenvalue weighted by Crippen LogP contribution is -2.48. The minimum absolute atomic E-state index is 0.0115. The Bertz CT molecular complexity index is 521. The molecule has 1 aromatic heterocycles. The number of rotatable bonds is 4. The van der Waals surface area contributed by atoms with Crippen LogP contribution in [0.3, 0.4) is 0 Å². The van der Waals surface area contributed by atoms with Crippen LogP contribution < -0.4 is 4.90 Å². The molecule has 1 aliphatic rings. The van der Waals surface area contributed by atoms with Crippen molar-refractivity contribution in [3.63, 3.8) is 0 Å². The summed E-state index contributed by atoms with van der Waals surface area (Å²) in [5.74, 6) is -0.881. The molecule has 1 fully saturated rings. The summed E-state index contributed by atoms with van der Waals surface area (Å²) in [6, 6.07) is 2.18. The van der Waals surface area contributed by atoms with Gasteiger partial charge in [0.1, 0.15) is 6.04 Å². The zero-order valence-corrected chi connectivity index (χ0v) is 11.7. The largest absolute Gasteiger partial charge is 0.331 e. The van der Waals surface area contributed by atoms with Crippen molar-refractivity contribution in [2.45, 2.75) is 32.2 Å². The Labute approximate surface area is 117 Å². The van der Waals surface area contributed by atoms with E-state index in [9.17, 15) is 14.0 Å². The summed E-state index contributed by atoms with van der Waals surface area (Å²) in [5.41, 5.74) is 0. The zero-order chi connectivity index (χ0) is 14.7. The number of likely N-dealkylation sites (tertiary alicyclic amines) is 1. The Hall–Kier alpha value is -1.98. The van der Waals surface area contributed by atoms with Crippen molar-refractivity contribution in [3.8, 4) is 0 Å². The maximum absolute atomic E-state index is 13.7. The number of carbonyl (C=O) groups excluding carboxylic acids is 2. The molecule has 1 aromatic rings. The summed E-state index contributed by atoms with van der Waals surface area (Å²) in [7, 11) is 1.48. The molecule has 1 aliphatic heterocycles. The average Bonchev–Trinajstić information content (AvgIpc) is 2.86. The van der Waals surface area contributed by atoms with Gasteiger partial charge in [-0.15, -0.1) is 0 Å². The number of anilines is 1. The van der Waals surface area contributed by atoms with E-state index in [2.05, 4.69) is 4.98 Å². The van der Waals surface area contributed by atoms with E-state index in [1.165, 1.54) is 30.3 Å². The highest BCUT2D eigenvalue weighted by molar-refractivity contribution is 5.98. The van der Waals surface area contributed by atoms with E-state index in [0.29, 0.717) is 19.4 Å². The van der Waals surface area contributed by atoms with Gasteiger partial charge in [0.2, 0.25) is 5.91 Å². The summed E-state index contributed by atoms with van der Waals surface area (Å²) < 4.78 is 13.7. The van der Waals surface area contributed by atoms with E-state index >= 15 is 0 Å². The Morgan fingerprint density at radius 1 is 1.60 bits per heavy atom. The molecule has 0 spiro atoms. The molecule has 6 heteroatoms. The van der Waals surface area contributed by atoms with Gasteiger partial charge in [-0.2, -0.15) is 0 Å². The average molecular weight is 279 g/mol. The van der Waals surface area contributed by atoms with Crippen molar-refractivity contribution >= 4 is 17.6 Å². The molecule has 20 heavy (non-hydrogen) atoms. The first-order valence-electron chi connectivity index (χ1n) is 6.73. The molecule has 108 valence electrons. The van der Waals surface area contributed by atoms with Crippen LogP contribution >= 0.6 is 0 Å². The van der Waals surface area contributed by atoms with Gasteiger partial charge in [-0.3, -0.25) is 14.5 Å². The van der Waals surface area contributed by atoms with Crippen molar-refractivity contribution < 1.29 is 14.0 Å². The normalized spacial score (nSPS) is 16.4. The van der Waals surface area contributed by atoms with Gasteiger partial charge in [0.05, 0.1) is 0 Å². The third-order valence-electron chi connectivity index (χ3n) is 3.55. The van der Waals surface area contributed by atoms with Crippen molar-refractivity contribution in [2.75, 3.05) is 18.5 Å². The number of aromatic nitrogens is 1. The number of amides is 2. The molecule has 0 radical (unpaired) electrons. The molecule has 2 rings (SSSR count). The van der Waals surface area contributed by atoms with E-state index in [1.807, 2.05) is 6.92 Å². The standard InChI is InChI=1S/C14H18FN3O2/c1-3-11(18-9-5-7-12(18)19)14(20)17(2)13-10(15)6-4-8-16-13/h4,6,8,11H,3,5,7,9H2,1-2H3/t11-/m1/s1. The maximum atomic E-state index is 13.7.